The monoisotopic (exact) mass is 248 g/mol. The molecular weight excluding hydrogens is 240 g/mol. The molecule has 6 heteroatoms. The van der Waals surface area contributed by atoms with Gasteiger partial charge >= 0.3 is 0 Å². The van der Waals surface area contributed by atoms with Crippen LogP contribution in [0.5, 0.6) is 0 Å². The van der Waals surface area contributed by atoms with E-state index < -0.39 is 0 Å². The van der Waals surface area contributed by atoms with Crippen molar-refractivity contribution in [2.24, 2.45) is 0 Å². The van der Waals surface area contributed by atoms with Crippen LogP contribution in [0, 0.1) is 11.3 Å². The van der Waals surface area contributed by atoms with E-state index in [2.05, 4.69) is 10.3 Å². The lowest BCUT2D eigenvalue weighted by Crippen LogP contribution is -2.01. The van der Waals surface area contributed by atoms with Gasteiger partial charge in [-0.2, -0.15) is 5.26 Å². The van der Waals surface area contributed by atoms with Crippen molar-refractivity contribution in [1.29, 1.82) is 5.26 Å². The number of aliphatic hydroxyl groups excluding tert-OH is 1. The highest BCUT2D eigenvalue weighted by Crippen LogP contribution is 2.23. The van der Waals surface area contributed by atoms with E-state index in [1.54, 1.807) is 24.3 Å². The Morgan fingerprint density at radius 1 is 1.35 bits per heavy atom. The minimum absolute atomic E-state index is 0.0883. The first-order chi connectivity index (χ1) is 8.26. The van der Waals surface area contributed by atoms with Crippen LogP contribution in [0.15, 0.2) is 24.3 Å². The van der Waals surface area contributed by atoms with Crippen LogP contribution in [-0.2, 0) is 13.2 Å². The molecule has 0 aliphatic heterocycles. The van der Waals surface area contributed by atoms with E-state index in [0.29, 0.717) is 16.4 Å². The fraction of sp³-hybridized carbons (Fsp3) is 0.182. The van der Waals surface area contributed by atoms with Crippen molar-refractivity contribution < 1.29 is 5.11 Å². The predicted octanol–water partition coefficient (Wildman–Crippen LogP) is 1.61. The summed E-state index contributed by atoms with van der Waals surface area (Å²) in [6, 6.07) is 9.07. The molecule has 1 aromatic carbocycles. The first-order valence-corrected chi connectivity index (χ1v) is 5.30. The molecule has 86 valence electrons. The quantitative estimate of drug-likeness (QED) is 0.896. The van der Waals surface area contributed by atoms with Gasteiger partial charge in [-0.25, -0.2) is 4.68 Å². The van der Waals surface area contributed by atoms with Gasteiger partial charge in [-0.3, -0.25) is 0 Å². The van der Waals surface area contributed by atoms with Crippen molar-refractivity contribution in [1.82, 2.24) is 15.0 Å². The van der Waals surface area contributed by atoms with E-state index in [-0.39, 0.29) is 13.2 Å². The fourth-order valence-corrected chi connectivity index (χ4v) is 1.68. The third-order valence-corrected chi connectivity index (χ3v) is 2.54. The van der Waals surface area contributed by atoms with E-state index in [4.69, 9.17) is 16.9 Å². The lowest BCUT2D eigenvalue weighted by atomic mass is 10.1. The Labute approximate surface area is 103 Å². The summed E-state index contributed by atoms with van der Waals surface area (Å²) in [5.41, 5.74) is 1.91. The second kappa shape index (κ2) is 4.95. The van der Waals surface area contributed by atoms with E-state index >= 15 is 0 Å². The summed E-state index contributed by atoms with van der Waals surface area (Å²) in [5, 5.41) is 26.2. The van der Waals surface area contributed by atoms with Crippen molar-refractivity contribution >= 4 is 11.6 Å². The number of rotatable bonds is 3. The number of nitriles is 1. The summed E-state index contributed by atoms with van der Waals surface area (Å²) in [7, 11) is 0. The SMILES string of the molecule is N#CCn1nnc(CO)c1-c1ccc(Cl)cc1. The zero-order valence-electron chi connectivity index (χ0n) is 8.84. The molecule has 0 unspecified atom stereocenters. The van der Waals surface area contributed by atoms with Crippen molar-refractivity contribution in [3.63, 3.8) is 0 Å². The van der Waals surface area contributed by atoms with Crippen LogP contribution in [0.25, 0.3) is 11.3 Å². The Morgan fingerprint density at radius 2 is 2.06 bits per heavy atom. The van der Waals surface area contributed by atoms with E-state index in [1.165, 1.54) is 4.68 Å². The number of aromatic nitrogens is 3. The average molecular weight is 249 g/mol. The van der Waals surface area contributed by atoms with Gasteiger partial charge in [0.2, 0.25) is 0 Å². The second-order valence-electron chi connectivity index (χ2n) is 3.37. The van der Waals surface area contributed by atoms with Crippen molar-refractivity contribution in [2.45, 2.75) is 13.2 Å². The van der Waals surface area contributed by atoms with Crippen LogP contribution >= 0.6 is 11.6 Å². The molecule has 2 rings (SSSR count). The molecule has 1 aromatic heterocycles. The summed E-state index contributed by atoms with van der Waals surface area (Å²) in [6.45, 7) is -0.131. The molecule has 5 nitrogen and oxygen atoms in total. The maximum absolute atomic E-state index is 9.19. The molecule has 0 fully saturated rings. The maximum Gasteiger partial charge on any atom is 0.130 e. The number of benzene rings is 1. The van der Waals surface area contributed by atoms with Gasteiger partial charge in [0.15, 0.2) is 0 Å². The van der Waals surface area contributed by atoms with E-state index in [0.717, 1.165) is 5.56 Å². The summed E-state index contributed by atoms with van der Waals surface area (Å²) >= 11 is 5.81. The van der Waals surface area contributed by atoms with Crippen LogP contribution in [0.1, 0.15) is 5.69 Å². The van der Waals surface area contributed by atoms with Gasteiger partial charge in [-0.1, -0.05) is 28.9 Å². The molecule has 17 heavy (non-hydrogen) atoms. The average Bonchev–Trinajstić information content (AvgIpc) is 2.74. The Bertz CT molecular complexity index is 556. The zero-order valence-corrected chi connectivity index (χ0v) is 9.59. The van der Waals surface area contributed by atoms with Crippen LogP contribution in [0.4, 0.5) is 0 Å². The smallest absolute Gasteiger partial charge is 0.130 e. The third kappa shape index (κ3) is 2.28. The third-order valence-electron chi connectivity index (χ3n) is 2.29. The van der Waals surface area contributed by atoms with Gasteiger partial charge in [-0.05, 0) is 12.1 Å². The molecule has 0 saturated heterocycles. The molecule has 1 heterocycles. The fourth-order valence-electron chi connectivity index (χ4n) is 1.56. The van der Waals surface area contributed by atoms with Gasteiger partial charge in [-0.15, -0.1) is 5.10 Å². The van der Waals surface area contributed by atoms with E-state index in [1.807, 2.05) is 6.07 Å². The van der Waals surface area contributed by atoms with Crippen LogP contribution in [-0.4, -0.2) is 20.1 Å². The molecule has 2 aromatic rings. The molecule has 0 atom stereocenters. The number of hydrogen-bond donors (Lipinski definition) is 1. The lowest BCUT2D eigenvalue weighted by Gasteiger charge is -2.04. The van der Waals surface area contributed by atoms with Crippen LogP contribution in [0.2, 0.25) is 5.02 Å². The molecule has 0 bridgehead atoms. The van der Waals surface area contributed by atoms with E-state index in [9.17, 15) is 5.11 Å². The minimum Gasteiger partial charge on any atom is -0.390 e. The largest absolute Gasteiger partial charge is 0.390 e. The minimum atomic E-state index is -0.219. The lowest BCUT2D eigenvalue weighted by molar-refractivity contribution is 0.277. The number of aliphatic hydroxyl groups is 1. The van der Waals surface area contributed by atoms with Gasteiger partial charge in [0.05, 0.1) is 18.4 Å². The number of hydrogen-bond acceptors (Lipinski definition) is 4. The number of nitrogens with zero attached hydrogens (tertiary/aromatic N) is 4. The van der Waals surface area contributed by atoms with Crippen LogP contribution in [0.3, 0.4) is 0 Å². The molecular formula is C11H9ClN4O. The molecule has 0 spiro atoms. The zero-order chi connectivity index (χ0) is 12.3. The first-order valence-electron chi connectivity index (χ1n) is 4.92. The Kier molecular flexibility index (Phi) is 3.38. The molecule has 0 aliphatic rings. The van der Waals surface area contributed by atoms with Gasteiger partial charge in [0.25, 0.3) is 0 Å². The maximum atomic E-state index is 9.19. The van der Waals surface area contributed by atoms with Gasteiger partial charge < -0.3 is 5.11 Å². The predicted molar refractivity (Wildman–Crippen MR) is 62.0 cm³/mol. The van der Waals surface area contributed by atoms with Crippen molar-refractivity contribution in [2.75, 3.05) is 0 Å². The standard InChI is InChI=1S/C11H9ClN4O/c12-9-3-1-8(2-4-9)11-10(7-17)14-15-16(11)6-5-13/h1-4,17H,6-7H2. The van der Waals surface area contributed by atoms with Gasteiger partial charge in [0, 0.05) is 10.6 Å². The van der Waals surface area contributed by atoms with Crippen LogP contribution < -0.4 is 0 Å². The summed E-state index contributed by atoms with van der Waals surface area (Å²) in [6.07, 6.45) is 0. The molecule has 0 aliphatic carbocycles. The normalized spacial score (nSPS) is 10.2. The Morgan fingerprint density at radius 3 is 2.65 bits per heavy atom. The molecule has 0 amide bonds. The highest BCUT2D eigenvalue weighted by Gasteiger charge is 2.13. The highest BCUT2D eigenvalue weighted by molar-refractivity contribution is 6.30. The molecule has 0 radical (unpaired) electrons. The number of halogens is 1. The van der Waals surface area contributed by atoms with Gasteiger partial charge in [0.1, 0.15) is 12.2 Å². The highest BCUT2D eigenvalue weighted by atomic mass is 35.5. The first kappa shape index (κ1) is 11.6. The topological polar surface area (TPSA) is 74.7 Å². The molecule has 1 N–H and O–H groups in total. The Balaban J connectivity index is 2.52. The van der Waals surface area contributed by atoms with Crippen molar-refractivity contribution in [3.8, 4) is 17.3 Å². The Hall–Kier alpha value is -1.90. The summed E-state index contributed by atoms with van der Waals surface area (Å²) in [4.78, 5) is 0. The summed E-state index contributed by atoms with van der Waals surface area (Å²) in [5.74, 6) is 0. The van der Waals surface area contributed by atoms with Crippen molar-refractivity contribution in [3.05, 3.63) is 35.0 Å². The second-order valence-corrected chi connectivity index (χ2v) is 3.80. The molecule has 0 saturated carbocycles. The summed E-state index contributed by atoms with van der Waals surface area (Å²) < 4.78 is 1.45.